The first-order valence-corrected chi connectivity index (χ1v) is 12.0. The van der Waals surface area contributed by atoms with Crippen molar-refractivity contribution >= 4 is 56.8 Å². The highest BCUT2D eigenvalue weighted by Crippen LogP contribution is 2.31. The lowest BCUT2D eigenvalue weighted by atomic mass is 10.0. The van der Waals surface area contributed by atoms with Gasteiger partial charge in [0.05, 0.1) is 16.8 Å². The van der Waals surface area contributed by atoms with E-state index in [1.807, 2.05) is 24.3 Å². The molecule has 11 heteroatoms. The fourth-order valence-corrected chi connectivity index (χ4v) is 5.49. The number of nitrogens with zero attached hydrogens (tertiary/aromatic N) is 3. The fraction of sp³-hybridized carbons (Fsp3) is 0.174. The van der Waals surface area contributed by atoms with Crippen molar-refractivity contribution in [2.24, 2.45) is 5.16 Å². The summed E-state index contributed by atoms with van der Waals surface area (Å²) in [7, 11) is 0. The Morgan fingerprint density at radius 1 is 1.21 bits per heavy atom. The average Bonchev–Trinajstić information content (AvgIpc) is 3.25. The monoisotopic (exact) mass is 496 g/mol. The SMILES string of the molecule is C/C(CSc1nc2ccccc2s1)=C(\C(=O)O)N1CC(NC(=O)/C(=N/O)c2ccccc2)C1=O. The van der Waals surface area contributed by atoms with Crippen molar-refractivity contribution in [3.8, 4) is 0 Å². The predicted molar refractivity (Wildman–Crippen MR) is 129 cm³/mol. The van der Waals surface area contributed by atoms with E-state index in [9.17, 15) is 24.7 Å². The lowest BCUT2D eigenvalue weighted by Gasteiger charge is -2.39. The molecule has 34 heavy (non-hydrogen) atoms. The van der Waals surface area contributed by atoms with Gasteiger partial charge in [0, 0.05) is 11.3 Å². The standard InChI is InChI=1S/C23H20N4O5S2/c1-13(12-33-23-25-15-9-5-6-10-17(15)34-23)19(22(30)31)27-11-16(21(27)29)24-20(28)18(26-32)14-7-3-2-4-8-14/h2-10,16,32H,11-12H2,1H3,(H,24,28)(H,30,31)/b19-13-,26-18+. The summed E-state index contributed by atoms with van der Waals surface area (Å²) in [6.07, 6.45) is 0. The van der Waals surface area contributed by atoms with Gasteiger partial charge in [0.15, 0.2) is 10.1 Å². The van der Waals surface area contributed by atoms with Crippen LogP contribution in [0.4, 0.5) is 0 Å². The van der Waals surface area contributed by atoms with Gasteiger partial charge < -0.3 is 20.5 Å². The van der Waals surface area contributed by atoms with Crippen molar-refractivity contribution in [3.63, 3.8) is 0 Å². The van der Waals surface area contributed by atoms with Crippen molar-refractivity contribution in [2.45, 2.75) is 17.3 Å². The number of carboxylic acid groups (broad SMARTS) is 1. The highest BCUT2D eigenvalue weighted by atomic mass is 32.2. The maximum Gasteiger partial charge on any atom is 0.352 e. The van der Waals surface area contributed by atoms with Crippen LogP contribution in [0.25, 0.3) is 10.2 Å². The molecule has 1 saturated heterocycles. The minimum atomic E-state index is -1.22. The number of likely N-dealkylation sites (tertiary alicyclic amines) is 1. The Morgan fingerprint density at radius 2 is 1.91 bits per heavy atom. The number of rotatable bonds is 8. The first-order chi connectivity index (χ1) is 16.4. The lowest BCUT2D eigenvalue weighted by molar-refractivity contribution is -0.148. The summed E-state index contributed by atoms with van der Waals surface area (Å²) >= 11 is 2.92. The molecule has 3 aromatic rings. The molecule has 1 unspecified atom stereocenters. The number of hydrogen-bond acceptors (Lipinski definition) is 8. The van der Waals surface area contributed by atoms with Crippen LogP contribution in [0.15, 0.2) is 75.4 Å². The van der Waals surface area contributed by atoms with Crippen LogP contribution < -0.4 is 5.32 Å². The Bertz CT molecular complexity index is 1290. The molecule has 0 spiro atoms. The predicted octanol–water partition coefficient (Wildman–Crippen LogP) is 2.95. The molecule has 2 amide bonds. The van der Waals surface area contributed by atoms with Gasteiger partial charge in [-0.05, 0) is 24.6 Å². The third-order valence-corrected chi connectivity index (χ3v) is 7.51. The number of carbonyl (C=O) groups excluding carboxylic acids is 2. The number of carboxylic acids is 1. The molecule has 0 bridgehead atoms. The number of benzene rings is 2. The molecular formula is C23H20N4O5S2. The Balaban J connectivity index is 1.41. The number of thiazole rings is 1. The number of carbonyl (C=O) groups is 3. The van der Waals surface area contributed by atoms with Gasteiger partial charge in [0.2, 0.25) is 0 Å². The molecular weight excluding hydrogens is 476 g/mol. The number of oxime groups is 1. The van der Waals surface area contributed by atoms with Gasteiger partial charge in [-0.15, -0.1) is 11.3 Å². The molecule has 174 valence electrons. The summed E-state index contributed by atoms with van der Waals surface area (Å²) < 4.78 is 1.85. The van der Waals surface area contributed by atoms with Gasteiger partial charge in [0.25, 0.3) is 11.8 Å². The van der Waals surface area contributed by atoms with Crippen LogP contribution in [0.3, 0.4) is 0 Å². The Hall–Kier alpha value is -3.70. The number of aliphatic carboxylic acids is 1. The number of fused-ring (bicyclic) bond motifs is 1. The smallest absolute Gasteiger partial charge is 0.352 e. The highest BCUT2D eigenvalue weighted by Gasteiger charge is 2.43. The van der Waals surface area contributed by atoms with Crippen LogP contribution in [-0.2, 0) is 14.4 Å². The maximum atomic E-state index is 12.7. The van der Waals surface area contributed by atoms with Crippen LogP contribution >= 0.6 is 23.1 Å². The zero-order chi connectivity index (χ0) is 24.2. The van der Waals surface area contributed by atoms with E-state index >= 15 is 0 Å². The number of thioether (sulfide) groups is 1. The highest BCUT2D eigenvalue weighted by molar-refractivity contribution is 8.01. The summed E-state index contributed by atoms with van der Waals surface area (Å²) in [6, 6.07) is 15.1. The average molecular weight is 497 g/mol. The minimum Gasteiger partial charge on any atom is -0.477 e. The molecule has 0 radical (unpaired) electrons. The molecule has 9 nitrogen and oxygen atoms in total. The molecule has 1 aromatic heterocycles. The largest absolute Gasteiger partial charge is 0.477 e. The maximum absolute atomic E-state index is 12.7. The number of para-hydroxylation sites is 1. The third kappa shape index (κ3) is 4.80. The molecule has 1 atom stereocenters. The Kier molecular flexibility index (Phi) is 6.94. The first-order valence-electron chi connectivity index (χ1n) is 10.2. The van der Waals surface area contributed by atoms with E-state index in [4.69, 9.17) is 0 Å². The van der Waals surface area contributed by atoms with Gasteiger partial charge in [-0.3, -0.25) is 9.59 Å². The quantitative estimate of drug-likeness (QED) is 0.109. The molecule has 4 rings (SSSR count). The second kappa shape index (κ2) is 10.1. The zero-order valence-corrected chi connectivity index (χ0v) is 19.6. The fourth-order valence-electron chi connectivity index (χ4n) is 3.47. The van der Waals surface area contributed by atoms with Crippen molar-refractivity contribution < 1.29 is 24.7 Å². The number of β-lactam (4-membered cyclic amide) rings is 1. The summed E-state index contributed by atoms with van der Waals surface area (Å²) in [4.78, 5) is 42.8. The van der Waals surface area contributed by atoms with E-state index in [0.717, 1.165) is 19.5 Å². The number of aromatic nitrogens is 1. The van der Waals surface area contributed by atoms with Crippen LogP contribution in [0, 0.1) is 0 Å². The van der Waals surface area contributed by atoms with E-state index in [-0.39, 0.29) is 18.0 Å². The van der Waals surface area contributed by atoms with Crippen molar-refractivity contribution in [2.75, 3.05) is 12.3 Å². The lowest BCUT2D eigenvalue weighted by Crippen LogP contribution is -2.64. The minimum absolute atomic E-state index is 0.00283. The van der Waals surface area contributed by atoms with E-state index in [1.54, 1.807) is 37.3 Å². The summed E-state index contributed by atoms with van der Waals surface area (Å²) in [5.74, 6) is -2.14. The molecule has 1 fully saturated rings. The van der Waals surface area contributed by atoms with Crippen molar-refractivity contribution in [1.29, 1.82) is 0 Å². The van der Waals surface area contributed by atoms with E-state index in [2.05, 4.69) is 15.5 Å². The van der Waals surface area contributed by atoms with E-state index in [0.29, 0.717) is 16.9 Å². The second-order valence-electron chi connectivity index (χ2n) is 7.46. The van der Waals surface area contributed by atoms with Crippen LogP contribution in [0.1, 0.15) is 12.5 Å². The van der Waals surface area contributed by atoms with Crippen molar-refractivity contribution in [3.05, 3.63) is 71.4 Å². The Morgan fingerprint density at radius 3 is 2.56 bits per heavy atom. The topological polar surface area (TPSA) is 132 Å². The van der Waals surface area contributed by atoms with Gasteiger partial charge in [-0.25, -0.2) is 9.78 Å². The van der Waals surface area contributed by atoms with Gasteiger partial charge >= 0.3 is 5.97 Å². The number of hydrogen-bond donors (Lipinski definition) is 3. The van der Waals surface area contributed by atoms with Gasteiger partial charge in [-0.1, -0.05) is 59.4 Å². The third-order valence-electron chi connectivity index (χ3n) is 5.16. The second-order valence-corrected chi connectivity index (χ2v) is 9.71. The van der Waals surface area contributed by atoms with Crippen LogP contribution in [-0.4, -0.2) is 62.0 Å². The van der Waals surface area contributed by atoms with Gasteiger partial charge in [-0.2, -0.15) is 0 Å². The molecule has 1 aliphatic heterocycles. The molecule has 2 heterocycles. The summed E-state index contributed by atoms with van der Waals surface area (Å²) in [5.41, 5.74) is 1.44. The number of nitrogens with one attached hydrogen (secondary N) is 1. The van der Waals surface area contributed by atoms with Gasteiger partial charge in [0.1, 0.15) is 11.7 Å². The summed E-state index contributed by atoms with van der Waals surface area (Å²) in [5, 5.41) is 24.5. The molecule has 0 aliphatic carbocycles. The Labute approximate surface area is 202 Å². The van der Waals surface area contributed by atoms with E-state index in [1.165, 1.54) is 23.1 Å². The number of amides is 2. The molecule has 3 N–H and O–H groups in total. The van der Waals surface area contributed by atoms with Crippen LogP contribution in [0.5, 0.6) is 0 Å². The van der Waals surface area contributed by atoms with Crippen LogP contribution in [0.2, 0.25) is 0 Å². The first kappa shape index (κ1) is 23.5. The zero-order valence-electron chi connectivity index (χ0n) is 18.0. The molecule has 1 aliphatic rings. The molecule has 0 saturated carbocycles. The van der Waals surface area contributed by atoms with Crippen molar-refractivity contribution in [1.82, 2.24) is 15.2 Å². The normalized spacial score (nSPS) is 16.7. The van der Waals surface area contributed by atoms with E-state index < -0.39 is 23.8 Å². The molecule has 2 aromatic carbocycles. The summed E-state index contributed by atoms with van der Waals surface area (Å²) in [6.45, 7) is 1.66.